The summed E-state index contributed by atoms with van der Waals surface area (Å²) in [5, 5.41) is 0. The van der Waals surface area contributed by atoms with E-state index < -0.39 is 23.7 Å². The molecule has 0 amide bonds. The normalized spacial score (nSPS) is 14.0. The molecule has 2 aromatic rings. The van der Waals surface area contributed by atoms with Crippen molar-refractivity contribution in [1.29, 1.82) is 0 Å². The molecule has 7 nitrogen and oxygen atoms in total. The van der Waals surface area contributed by atoms with Crippen LogP contribution in [0.1, 0.15) is 5.56 Å². The maximum atomic E-state index is 13.8. The molecule has 30 heavy (non-hydrogen) atoms. The summed E-state index contributed by atoms with van der Waals surface area (Å²) in [4.78, 5) is 29.5. The minimum Gasteiger partial charge on any atom is -0.465 e. The van der Waals surface area contributed by atoms with Gasteiger partial charge in [-0.25, -0.2) is 14.6 Å². The molecular formula is C20H16F3N3O4. The second kappa shape index (κ2) is 8.27. The van der Waals surface area contributed by atoms with Crippen molar-refractivity contribution in [3.05, 3.63) is 78.2 Å². The van der Waals surface area contributed by atoms with Gasteiger partial charge in [-0.3, -0.25) is 0 Å². The Hall–Kier alpha value is -3.82. The number of imidazole rings is 1. The smallest absolute Gasteiger partial charge is 0.418 e. The van der Waals surface area contributed by atoms with Gasteiger partial charge in [-0.15, -0.1) is 0 Å². The van der Waals surface area contributed by atoms with Crippen molar-refractivity contribution in [1.82, 2.24) is 9.55 Å². The SMILES string of the molecule is COC(=O)C1=C(C(=O)OC)N(c2ccc(-n3ccnc3)c(C(F)(F)F)c2)C=CC=C1. The summed E-state index contributed by atoms with van der Waals surface area (Å²) < 4.78 is 52.0. The van der Waals surface area contributed by atoms with E-state index in [9.17, 15) is 22.8 Å². The van der Waals surface area contributed by atoms with E-state index in [2.05, 4.69) is 4.98 Å². The predicted octanol–water partition coefficient (Wildman–Crippen LogP) is 3.38. The summed E-state index contributed by atoms with van der Waals surface area (Å²) in [7, 11) is 2.23. The summed E-state index contributed by atoms with van der Waals surface area (Å²) in [6.45, 7) is 0. The number of esters is 2. The molecule has 0 saturated heterocycles. The first-order valence-electron chi connectivity index (χ1n) is 8.52. The van der Waals surface area contributed by atoms with Crippen LogP contribution < -0.4 is 4.90 Å². The molecule has 3 rings (SSSR count). The monoisotopic (exact) mass is 419 g/mol. The van der Waals surface area contributed by atoms with E-state index in [1.165, 1.54) is 59.8 Å². The van der Waals surface area contributed by atoms with Crippen molar-refractivity contribution in [2.45, 2.75) is 6.18 Å². The number of carbonyl (C=O) groups excluding carboxylic acids is 2. The van der Waals surface area contributed by atoms with Crippen LogP contribution in [0.2, 0.25) is 0 Å². The van der Waals surface area contributed by atoms with Gasteiger partial charge in [0.15, 0.2) is 0 Å². The highest BCUT2D eigenvalue weighted by molar-refractivity contribution is 6.05. The molecule has 2 heterocycles. The van der Waals surface area contributed by atoms with Gasteiger partial charge in [0.1, 0.15) is 5.70 Å². The molecule has 0 fully saturated rings. The first kappa shape index (κ1) is 20.9. The largest absolute Gasteiger partial charge is 0.465 e. The second-order valence-electron chi connectivity index (χ2n) is 5.99. The standard InChI is InChI=1S/C20H16F3N3O4/c1-29-18(27)14-5-3-4-9-26(17(14)19(28)30-2)13-6-7-16(25-10-8-24-12-25)15(11-13)20(21,22)23/h3-12H,1-2H3. The summed E-state index contributed by atoms with van der Waals surface area (Å²) in [6, 6.07) is 3.51. The zero-order valence-corrected chi connectivity index (χ0v) is 15.9. The van der Waals surface area contributed by atoms with Crippen LogP contribution in [0.3, 0.4) is 0 Å². The van der Waals surface area contributed by atoms with Crippen LogP contribution in [-0.4, -0.2) is 35.7 Å². The van der Waals surface area contributed by atoms with Gasteiger partial charge in [0.05, 0.1) is 37.4 Å². The van der Waals surface area contributed by atoms with Gasteiger partial charge >= 0.3 is 18.1 Å². The topological polar surface area (TPSA) is 73.7 Å². The Morgan fingerprint density at radius 1 is 1.07 bits per heavy atom. The van der Waals surface area contributed by atoms with Crippen molar-refractivity contribution in [2.24, 2.45) is 0 Å². The van der Waals surface area contributed by atoms with Crippen molar-refractivity contribution in [3.63, 3.8) is 0 Å². The molecule has 0 bridgehead atoms. The van der Waals surface area contributed by atoms with E-state index >= 15 is 0 Å². The Balaban J connectivity index is 2.22. The lowest BCUT2D eigenvalue weighted by atomic mass is 10.1. The summed E-state index contributed by atoms with van der Waals surface area (Å²) in [6.07, 6.45) is 4.89. The van der Waals surface area contributed by atoms with E-state index in [4.69, 9.17) is 9.47 Å². The second-order valence-corrected chi connectivity index (χ2v) is 5.99. The van der Waals surface area contributed by atoms with Gasteiger partial charge in [0, 0.05) is 24.3 Å². The number of ether oxygens (including phenoxy) is 2. The Bertz CT molecular complexity index is 1050. The van der Waals surface area contributed by atoms with Crippen LogP contribution in [0.5, 0.6) is 0 Å². The number of nitrogens with zero attached hydrogens (tertiary/aromatic N) is 3. The number of hydrogen-bond acceptors (Lipinski definition) is 6. The third-order valence-electron chi connectivity index (χ3n) is 4.24. The highest BCUT2D eigenvalue weighted by Gasteiger charge is 2.36. The lowest BCUT2D eigenvalue weighted by molar-refractivity contribution is -0.139. The van der Waals surface area contributed by atoms with Crippen LogP contribution in [0.25, 0.3) is 5.69 Å². The molecule has 156 valence electrons. The number of rotatable bonds is 4. The molecule has 0 atom stereocenters. The molecule has 0 radical (unpaired) electrons. The van der Waals surface area contributed by atoms with Crippen molar-refractivity contribution >= 4 is 17.6 Å². The molecular weight excluding hydrogens is 403 g/mol. The van der Waals surface area contributed by atoms with Crippen LogP contribution in [0, 0.1) is 0 Å². The van der Waals surface area contributed by atoms with Crippen LogP contribution >= 0.6 is 0 Å². The van der Waals surface area contributed by atoms with Crippen molar-refractivity contribution < 1.29 is 32.2 Å². The zero-order valence-electron chi connectivity index (χ0n) is 15.9. The number of halogens is 3. The number of methoxy groups -OCH3 is 2. The Morgan fingerprint density at radius 3 is 2.40 bits per heavy atom. The zero-order chi connectivity index (χ0) is 21.9. The van der Waals surface area contributed by atoms with Crippen molar-refractivity contribution in [3.8, 4) is 5.69 Å². The van der Waals surface area contributed by atoms with Gasteiger partial charge in [-0.2, -0.15) is 13.2 Å². The minimum atomic E-state index is -4.69. The van der Waals surface area contributed by atoms with E-state index in [-0.39, 0.29) is 22.6 Å². The van der Waals surface area contributed by atoms with Crippen molar-refractivity contribution in [2.75, 3.05) is 19.1 Å². The Labute approximate surface area is 169 Å². The fourth-order valence-corrected chi connectivity index (χ4v) is 2.89. The van der Waals surface area contributed by atoms with Gasteiger partial charge < -0.3 is 18.9 Å². The first-order valence-corrected chi connectivity index (χ1v) is 8.52. The maximum absolute atomic E-state index is 13.8. The van der Waals surface area contributed by atoms with Gasteiger partial charge in [-0.05, 0) is 30.4 Å². The quantitative estimate of drug-likeness (QED) is 0.708. The third-order valence-corrected chi connectivity index (χ3v) is 4.24. The molecule has 0 saturated carbocycles. The van der Waals surface area contributed by atoms with E-state index in [0.717, 1.165) is 25.2 Å². The van der Waals surface area contributed by atoms with Crippen LogP contribution in [0.15, 0.2) is 72.6 Å². The fraction of sp³-hybridized carbons (Fsp3) is 0.150. The van der Waals surface area contributed by atoms with Crippen LogP contribution in [0.4, 0.5) is 18.9 Å². The van der Waals surface area contributed by atoms with E-state index in [0.29, 0.717) is 0 Å². The van der Waals surface area contributed by atoms with Gasteiger partial charge in [-0.1, -0.05) is 6.08 Å². The first-order chi connectivity index (χ1) is 14.3. The molecule has 0 unspecified atom stereocenters. The number of anilines is 1. The fourth-order valence-electron chi connectivity index (χ4n) is 2.89. The van der Waals surface area contributed by atoms with E-state index in [1.54, 1.807) is 0 Å². The number of allylic oxidation sites excluding steroid dienone is 2. The molecule has 0 N–H and O–H groups in total. The van der Waals surface area contributed by atoms with Gasteiger partial charge in [0.25, 0.3) is 0 Å². The lowest BCUT2D eigenvalue weighted by Gasteiger charge is -2.25. The predicted molar refractivity (Wildman–Crippen MR) is 100 cm³/mol. The summed E-state index contributed by atoms with van der Waals surface area (Å²) >= 11 is 0. The molecule has 0 spiro atoms. The molecule has 1 aromatic heterocycles. The third kappa shape index (κ3) is 3.97. The number of hydrogen-bond donors (Lipinski definition) is 0. The average Bonchev–Trinajstić information content (AvgIpc) is 3.17. The number of alkyl halides is 3. The molecule has 1 aliphatic rings. The van der Waals surface area contributed by atoms with E-state index in [1.807, 2.05) is 0 Å². The lowest BCUT2D eigenvalue weighted by Crippen LogP contribution is -2.27. The Morgan fingerprint density at radius 2 is 1.80 bits per heavy atom. The molecule has 0 aliphatic carbocycles. The molecule has 1 aromatic carbocycles. The maximum Gasteiger partial charge on any atom is 0.418 e. The van der Waals surface area contributed by atoms with Crippen LogP contribution in [-0.2, 0) is 25.2 Å². The summed E-state index contributed by atoms with van der Waals surface area (Å²) in [5.41, 5.74) is -1.54. The summed E-state index contributed by atoms with van der Waals surface area (Å²) in [5.74, 6) is -1.76. The minimum absolute atomic E-state index is 0.00653. The molecule has 10 heteroatoms. The van der Waals surface area contributed by atoms with Gasteiger partial charge in [0.2, 0.25) is 0 Å². The molecule has 1 aliphatic heterocycles. The average molecular weight is 419 g/mol. The number of aromatic nitrogens is 2. The highest BCUT2D eigenvalue weighted by Crippen LogP contribution is 2.37. The number of benzene rings is 1. The Kier molecular flexibility index (Phi) is 5.77. The highest BCUT2D eigenvalue weighted by atomic mass is 19.4. The number of carbonyl (C=O) groups is 2.